The van der Waals surface area contributed by atoms with Crippen LogP contribution in [-0.4, -0.2) is 16.4 Å². The van der Waals surface area contributed by atoms with Crippen LogP contribution in [0.15, 0.2) is 78.9 Å². The van der Waals surface area contributed by atoms with E-state index >= 15 is 0 Å². The van der Waals surface area contributed by atoms with E-state index in [1.165, 1.54) is 0 Å². The summed E-state index contributed by atoms with van der Waals surface area (Å²) in [6.45, 7) is 0. The van der Waals surface area contributed by atoms with Gasteiger partial charge in [0, 0.05) is 34.1 Å². The lowest BCUT2D eigenvalue weighted by molar-refractivity contribution is 0.102. The first-order chi connectivity index (χ1) is 12.6. The third-order valence-electron chi connectivity index (χ3n) is 3.65. The number of carbonyl (C=O) groups is 1. The molecule has 0 saturated carbocycles. The summed E-state index contributed by atoms with van der Waals surface area (Å²) in [5.41, 5.74) is 2.10. The molecule has 0 unspecified atom stereocenters. The number of anilines is 1. The number of rotatable bonds is 6. The molecule has 0 heterocycles. The molecular formula is C21H19NO3S. The average Bonchev–Trinajstić information content (AvgIpc) is 2.64. The topological polar surface area (TPSA) is 55.4 Å². The van der Waals surface area contributed by atoms with Crippen molar-refractivity contribution in [2.24, 2.45) is 0 Å². The number of para-hydroxylation sites is 1. The van der Waals surface area contributed by atoms with Crippen LogP contribution in [0.5, 0.6) is 11.5 Å². The van der Waals surface area contributed by atoms with Crippen molar-refractivity contribution in [1.82, 2.24) is 0 Å². The first-order valence-corrected chi connectivity index (χ1v) is 9.86. The summed E-state index contributed by atoms with van der Waals surface area (Å²) in [6, 6.07) is 23.9. The van der Waals surface area contributed by atoms with Crippen molar-refractivity contribution in [3.63, 3.8) is 0 Å². The summed E-state index contributed by atoms with van der Waals surface area (Å²) in [5, 5.41) is 2.86. The monoisotopic (exact) mass is 365 g/mol. The maximum atomic E-state index is 12.4. The molecule has 0 fully saturated rings. The molecule has 132 valence electrons. The lowest BCUT2D eigenvalue weighted by Gasteiger charge is -2.09. The highest BCUT2D eigenvalue weighted by atomic mass is 32.2. The molecule has 5 heteroatoms. The summed E-state index contributed by atoms with van der Waals surface area (Å²) >= 11 is 0. The van der Waals surface area contributed by atoms with Gasteiger partial charge in [-0.1, -0.05) is 30.3 Å². The molecule has 0 spiro atoms. The molecule has 4 nitrogen and oxygen atoms in total. The molecule has 0 aliphatic heterocycles. The standard InChI is InChI=1S/C21H19NO3S/c1-26(24)15-16-6-5-7-17(14-16)21(23)22-18-10-12-20(13-11-18)25-19-8-3-2-4-9-19/h2-14H,15H2,1H3,(H,22,23)/t26-/m0/s1. The molecule has 0 bridgehead atoms. The van der Waals surface area contributed by atoms with Crippen LogP contribution in [0.25, 0.3) is 0 Å². The lowest BCUT2D eigenvalue weighted by atomic mass is 10.1. The third-order valence-corrected chi connectivity index (χ3v) is 4.39. The summed E-state index contributed by atoms with van der Waals surface area (Å²) < 4.78 is 17.1. The van der Waals surface area contributed by atoms with Gasteiger partial charge in [0.1, 0.15) is 11.5 Å². The van der Waals surface area contributed by atoms with E-state index in [0.717, 1.165) is 11.3 Å². The minimum absolute atomic E-state index is 0.203. The molecule has 3 rings (SSSR count). The maximum absolute atomic E-state index is 12.4. The van der Waals surface area contributed by atoms with Crippen LogP contribution in [0.2, 0.25) is 0 Å². The Hall–Kier alpha value is -2.92. The SMILES string of the molecule is C[S@](=O)Cc1cccc(C(=O)Nc2ccc(Oc3ccccc3)cc2)c1. The van der Waals surface area contributed by atoms with Crippen molar-refractivity contribution in [2.45, 2.75) is 5.75 Å². The van der Waals surface area contributed by atoms with Gasteiger partial charge in [-0.3, -0.25) is 9.00 Å². The zero-order valence-corrected chi connectivity index (χ0v) is 15.2. The van der Waals surface area contributed by atoms with Crippen LogP contribution in [0.4, 0.5) is 5.69 Å². The molecule has 1 N–H and O–H groups in total. The van der Waals surface area contributed by atoms with E-state index in [0.29, 0.717) is 22.8 Å². The number of hydrogen-bond donors (Lipinski definition) is 1. The molecule has 1 amide bonds. The Labute approximate surface area is 155 Å². The van der Waals surface area contributed by atoms with E-state index in [1.807, 2.05) is 36.4 Å². The van der Waals surface area contributed by atoms with Gasteiger partial charge in [-0.25, -0.2) is 0 Å². The summed E-state index contributed by atoms with van der Waals surface area (Å²) in [5.74, 6) is 1.69. The maximum Gasteiger partial charge on any atom is 0.255 e. The molecule has 3 aromatic rings. The minimum atomic E-state index is -0.941. The fourth-order valence-corrected chi connectivity index (χ4v) is 3.12. The van der Waals surface area contributed by atoms with Gasteiger partial charge in [-0.15, -0.1) is 0 Å². The third kappa shape index (κ3) is 5.04. The Morgan fingerprint density at radius 3 is 2.31 bits per heavy atom. The van der Waals surface area contributed by atoms with Crippen molar-refractivity contribution in [3.8, 4) is 11.5 Å². The number of amides is 1. The molecule has 0 radical (unpaired) electrons. The van der Waals surface area contributed by atoms with E-state index in [-0.39, 0.29) is 5.91 Å². The number of nitrogens with one attached hydrogen (secondary N) is 1. The van der Waals surface area contributed by atoms with Crippen LogP contribution in [0, 0.1) is 0 Å². The molecule has 0 aromatic heterocycles. The highest BCUT2D eigenvalue weighted by Gasteiger charge is 2.08. The largest absolute Gasteiger partial charge is 0.457 e. The fourth-order valence-electron chi connectivity index (χ4n) is 2.47. The minimum Gasteiger partial charge on any atom is -0.457 e. The normalized spacial score (nSPS) is 11.6. The van der Waals surface area contributed by atoms with Gasteiger partial charge in [-0.2, -0.15) is 0 Å². The zero-order valence-electron chi connectivity index (χ0n) is 14.3. The van der Waals surface area contributed by atoms with E-state index in [1.54, 1.807) is 48.7 Å². The molecule has 0 aliphatic rings. The Kier molecular flexibility index (Phi) is 5.81. The second kappa shape index (κ2) is 8.45. The quantitative estimate of drug-likeness (QED) is 0.694. The van der Waals surface area contributed by atoms with Crippen LogP contribution in [0.1, 0.15) is 15.9 Å². The van der Waals surface area contributed by atoms with Crippen LogP contribution >= 0.6 is 0 Å². The Morgan fingerprint density at radius 1 is 0.923 bits per heavy atom. The van der Waals surface area contributed by atoms with Gasteiger partial charge in [0.15, 0.2) is 0 Å². The number of ether oxygens (including phenoxy) is 1. The van der Waals surface area contributed by atoms with Crippen LogP contribution in [-0.2, 0) is 16.6 Å². The van der Waals surface area contributed by atoms with E-state index in [4.69, 9.17) is 4.74 Å². The molecule has 26 heavy (non-hydrogen) atoms. The van der Waals surface area contributed by atoms with Gasteiger partial charge < -0.3 is 10.1 Å². The Morgan fingerprint density at radius 2 is 1.62 bits per heavy atom. The summed E-state index contributed by atoms with van der Waals surface area (Å²) in [7, 11) is -0.941. The highest BCUT2D eigenvalue weighted by molar-refractivity contribution is 7.83. The molecule has 1 atom stereocenters. The number of benzene rings is 3. The van der Waals surface area contributed by atoms with Gasteiger partial charge in [0.2, 0.25) is 0 Å². The Balaban J connectivity index is 1.65. The smallest absolute Gasteiger partial charge is 0.255 e. The Bertz CT molecular complexity index is 908. The first kappa shape index (κ1) is 17.9. The van der Waals surface area contributed by atoms with Gasteiger partial charge in [0.05, 0.1) is 0 Å². The molecule has 0 aliphatic carbocycles. The number of hydrogen-bond acceptors (Lipinski definition) is 3. The molecule has 0 saturated heterocycles. The van der Waals surface area contributed by atoms with Crippen LogP contribution < -0.4 is 10.1 Å². The van der Waals surface area contributed by atoms with Crippen molar-refractivity contribution >= 4 is 22.4 Å². The second-order valence-corrected chi connectivity index (χ2v) is 7.25. The van der Waals surface area contributed by atoms with E-state index < -0.39 is 10.8 Å². The van der Waals surface area contributed by atoms with E-state index in [9.17, 15) is 9.00 Å². The highest BCUT2D eigenvalue weighted by Crippen LogP contribution is 2.23. The molecular weight excluding hydrogens is 346 g/mol. The predicted octanol–water partition coefficient (Wildman–Crippen LogP) is 4.61. The van der Waals surface area contributed by atoms with Crippen molar-refractivity contribution in [1.29, 1.82) is 0 Å². The number of carbonyl (C=O) groups excluding carboxylic acids is 1. The fraction of sp³-hybridized carbons (Fsp3) is 0.0952. The van der Waals surface area contributed by atoms with Crippen molar-refractivity contribution < 1.29 is 13.7 Å². The summed E-state index contributed by atoms with van der Waals surface area (Å²) in [4.78, 5) is 12.4. The van der Waals surface area contributed by atoms with Crippen molar-refractivity contribution in [2.75, 3.05) is 11.6 Å². The van der Waals surface area contributed by atoms with Gasteiger partial charge >= 0.3 is 0 Å². The second-order valence-electron chi connectivity index (χ2n) is 5.81. The molecule has 3 aromatic carbocycles. The average molecular weight is 365 g/mol. The van der Waals surface area contributed by atoms with Crippen LogP contribution in [0.3, 0.4) is 0 Å². The zero-order chi connectivity index (χ0) is 18.4. The summed E-state index contributed by atoms with van der Waals surface area (Å²) in [6.07, 6.45) is 1.64. The van der Waals surface area contributed by atoms with E-state index in [2.05, 4.69) is 5.32 Å². The first-order valence-electron chi connectivity index (χ1n) is 8.13. The van der Waals surface area contributed by atoms with Gasteiger partial charge in [-0.05, 0) is 54.1 Å². The van der Waals surface area contributed by atoms with Crippen molar-refractivity contribution in [3.05, 3.63) is 90.0 Å². The van der Waals surface area contributed by atoms with Gasteiger partial charge in [0.25, 0.3) is 5.91 Å². The predicted molar refractivity (Wildman–Crippen MR) is 105 cm³/mol. The lowest BCUT2D eigenvalue weighted by Crippen LogP contribution is -2.12.